The van der Waals surface area contributed by atoms with Crippen LogP contribution < -0.4 is 9.47 Å². The number of hydrogen-bond acceptors (Lipinski definition) is 5. The molecule has 0 amide bonds. The first-order chi connectivity index (χ1) is 16.8. The van der Waals surface area contributed by atoms with Crippen molar-refractivity contribution in [2.45, 2.75) is 90.4 Å². The quantitative estimate of drug-likeness (QED) is 0.156. The van der Waals surface area contributed by atoms with Crippen LogP contribution in [0.3, 0.4) is 0 Å². The molecule has 0 atom stereocenters. The van der Waals surface area contributed by atoms with Gasteiger partial charge in [0.25, 0.3) is 0 Å². The third kappa shape index (κ3) is 13.3. The first-order valence-electron chi connectivity index (χ1n) is 13.3. The van der Waals surface area contributed by atoms with E-state index in [1.54, 1.807) is 0 Å². The summed E-state index contributed by atoms with van der Waals surface area (Å²) in [6, 6.07) is 15.5. The number of rotatable bonds is 20. The summed E-state index contributed by atoms with van der Waals surface area (Å²) in [4.78, 5) is 0. The monoisotopic (exact) mass is 468 g/mol. The maximum atomic E-state index is 8.77. The van der Waals surface area contributed by atoms with Crippen LogP contribution in [-0.4, -0.2) is 24.9 Å². The summed E-state index contributed by atoms with van der Waals surface area (Å²) in [7, 11) is 0. The van der Waals surface area contributed by atoms with Crippen molar-refractivity contribution >= 4 is 11.4 Å². The first-order valence-corrected chi connectivity index (χ1v) is 13.3. The molecule has 0 radical (unpaired) electrons. The van der Waals surface area contributed by atoms with Gasteiger partial charge in [0.05, 0.1) is 24.6 Å². The summed E-state index contributed by atoms with van der Waals surface area (Å²) < 4.78 is 11.6. The second kappa shape index (κ2) is 19.0. The van der Waals surface area contributed by atoms with Gasteiger partial charge in [0.2, 0.25) is 0 Å². The highest BCUT2D eigenvalue weighted by molar-refractivity contribution is 5.44. The lowest BCUT2D eigenvalue weighted by Crippen LogP contribution is -1.97. The molecule has 0 aliphatic rings. The van der Waals surface area contributed by atoms with Crippen molar-refractivity contribution in [2.24, 2.45) is 10.2 Å². The number of aliphatic hydroxyl groups is 1. The Morgan fingerprint density at radius 1 is 0.529 bits per heavy atom. The molecule has 0 saturated heterocycles. The Morgan fingerprint density at radius 3 is 1.32 bits per heavy atom. The summed E-state index contributed by atoms with van der Waals surface area (Å²) >= 11 is 0. The molecule has 1 N–H and O–H groups in total. The molecule has 0 unspecified atom stereocenters. The zero-order valence-electron chi connectivity index (χ0n) is 21.1. The Kier molecular flexibility index (Phi) is 15.5. The molecular formula is C29H44N2O3. The summed E-state index contributed by atoms with van der Waals surface area (Å²) in [6.07, 6.45) is 15.7. The van der Waals surface area contributed by atoms with Crippen LogP contribution in [0.1, 0.15) is 90.4 Å². The van der Waals surface area contributed by atoms with Crippen LogP contribution in [0.4, 0.5) is 11.4 Å². The fraction of sp³-hybridized carbons (Fsp3) is 0.586. The van der Waals surface area contributed by atoms with Gasteiger partial charge in [-0.05, 0) is 67.8 Å². The third-order valence-electron chi connectivity index (χ3n) is 5.79. The third-order valence-corrected chi connectivity index (χ3v) is 5.79. The number of azo groups is 1. The molecule has 0 aliphatic heterocycles. The van der Waals surface area contributed by atoms with Crippen LogP contribution in [0.15, 0.2) is 58.8 Å². The lowest BCUT2D eigenvalue weighted by Gasteiger charge is -2.06. The predicted molar refractivity (Wildman–Crippen MR) is 141 cm³/mol. The topological polar surface area (TPSA) is 63.4 Å². The minimum Gasteiger partial charge on any atom is -0.494 e. The Bertz CT molecular complexity index is 760. The Balaban J connectivity index is 1.57. The molecule has 0 aliphatic carbocycles. The van der Waals surface area contributed by atoms with Gasteiger partial charge < -0.3 is 14.6 Å². The van der Waals surface area contributed by atoms with Crippen molar-refractivity contribution < 1.29 is 14.6 Å². The second-order valence-electron chi connectivity index (χ2n) is 8.85. The van der Waals surface area contributed by atoms with Crippen molar-refractivity contribution in [2.75, 3.05) is 19.8 Å². The van der Waals surface area contributed by atoms with E-state index in [-0.39, 0.29) is 0 Å². The summed E-state index contributed by atoms with van der Waals surface area (Å²) in [5.41, 5.74) is 1.62. The highest BCUT2D eigenvalue weighted by Gasteiger charge is 1.98. The van der Waals surface area contributed by atoms with Crippen molar-refractivity contribution in [3.8, 4) is 11.5 Å². The fourth-order valence-electron chi connectivity index (χ4n) is 3.69. The van der Waals surface area contributed by atoms with Crippen molar-refractivity contribution in [1.29, 1.82) is 0 Å². The van der Waals surface area contributed by atoms with Gasteiger partial charge in [0.15, 0.2) is 0 Å². The smallest absolute Gasteiger partial charge is 0.119 e. The normalized spacial score (nSPS) is 11.2. The number of unbranched alkanes of at least 4 members (excludes halogenated alkanes) is 11. The molecule has 188 valence electrons. The van der Waals surface area contributed by atoms with Crippen molar-refractivity contribution in [3.05, 3.63) is 48.5 Å². The van der Waals surface area contributed by atoms with Crippen LogP contribution in [0, 0.1) is 0 Å². The van der Waals surface area contributed by atoms with Gasteiger partial charge in [-0.25, -0.2) is 0 Å². The molecule has 34 heavy (non-hydrogen) atoms. The zero-order valence-corrected chi connectivity index (χ0v) is 21.1. The number of aliphatic hydroxyl groups excluding tert-OH is 1. The summed E-state index contributed by atoms with van der Waals surface area (Å²) in [5, 5.41) is 17.4. The van der Waals surface area contributed by atoms with Crippen molar-refractivity contribution in [1.82, 2.24) is 0 Å². The predicted octanol–water partition coefficient (Wildman–Crippen LogP) is 8.94. The van der Waals surface area contributed by atoms with Crippen LogP contribution in [0.25, 0.3) is 0 Å². The van der Waals surface area contributed by atoms with E-state index >= 15 is 0 Å². The molecule has 2 aromatic carbocycles. The van der Waals surface area contributed by atoms with E-state index in [2.05, 4.69) is 17.2 Å². The fourth-order valence-corrected chi connectivity index (χ4v) is 3.69. The average Bonchev–Trinajstić information content (AvgIpc) is 2.87. The van der Waals surface area contributed by atoms with Gasteiger partial charge in [-0.1, -0.05) is 71.1 Å². The van der Waals surface area contributed by atoms with Gasteiger partial charge in [-0.2, -0.15) is 10.2 Å². The molecule has 0 spiro atoms. The summed E-state index contributed by atoms with van der Waals surface area (Å²) in [5.74, 6) is 1.76. The van der Waals surface area contributed by atoms with Gasteiger partial charge in [0, 0.05) is 6.61 Å². The maximum absolute atomic E-state index is 8.77. The number of ether oxygens (including phenoxy) is 2. The maximum Gasteiger partial charge on any atom is 0.119 e. The van der Waals surface area contributed by atoms with Gasteiger partial charge >= 0.3 is 0 Å². The van der Waals surface area contributed by atoms with E-state index in [0.717, 1.165) is 61.8 Å². The lowest BCUT2D eigenvalue weighted by molar-refractivity contribution is 0.282. The Morgan fingerprint density at radius 2 is 0.912 bits per heavy atom. The van der Waals surface area contributed by atoms with E-state index < -0.39 is 0 Å². The highest BCUT2D eigenvalue weighted by Crippen LogP contribution is 2.23. The van der Waals surface area contributed by atoms with E-state index in [0.29, 0.717) is 6.61 Å². The van der Waals surface area contributed by atoms with E-state index in [4.69, 9.17) is 14.6 Å². The molecule has 0 heterocycles. The number of benzene rings is 2. The Hall–Kier alpha value is -2.40. The molecule has 2 rings (SSSR count). The van der Waals surface area contributed by atoms with Gasteiger partial charge in [0.1, 0.15) is 11.5 Å². The molecule has 0 bridgehead atoms. The molecule has 2 aromatic rings. The largest absolute Gasteiger partial charge is 0.494 e. The molecular weight excluding hydrogens is 424 g/mol. The van der Waals surface area contributed by atoms with Crippen LogP contribution in [0.2, 0.25) is 0 Å². The second-order valence-corrected chi connectivity index (χ2v) is 8.85. The zero-order chi connectivity index (χ0) is 24.1. The SMILES string of the molecule is CCCCCCOc1ccc(/N=N/c2ccc(OCCCCCCCCCCCO)cc2)cc1. The molecule has 0 fully saturated rings. The standard InChI is InChI=1S/C29H44N2O3/c1-2-3-4-13-24-33-28-19-15-26(16-20-28)30-31-27-17-21-29(22-18-27)34-25-14-11-9-7-5-6-8-10-12-23-32/h15-22,32H,2-14,23-25H2,1H3/b31-30+. The van der Waals surface area contributed by atoms with E-state index in [9.17, 15) is 0 Å². The van der Waals surface area contributed by atoms with Crippen LogP contribution in [-0.2, 0) is 0 Å². The van der Waals surface area contributed by atoms with Crippen molar-refractivity contribution in [3.63, 3.8) is 0 Å². The summed E-state index contributed by atoms with van der Waals surface area (Å²) in [6.45, 7) is 4.06. The minimum atomic E-state index is 0.330. The molecule has 5 nitrogen and oxygen atoms in total. The van der Waals surface area contributed by atoms with Crippen LogP contribution >= 0.6 is 0 Å². The number of nitrogens with zero attached hydrogens (tertiary/aromatic N) is 2. The van der Waals surface area contributed by atoms with Gasteiger partial charge in [-0.3, -0.25) is 0 Å². The molecule has 5 heteroatoms. The lowest BCUT2D eigenvalue weighted by atomic mass is 10.1. The van der Waals surface area contributed by atoms with Gasteiger partial charge in [-0.15, -0.1) is 0 Å². The minimum absolute atomic E-state index is 0.330. The van der Waals surface area contributed by atoms with E-state index in [1.807, 2.05) is 48.5 Å². The Labute approximate surface area is 206 Å². The highest BCUT2D eigenvalue weighted by atomic mass is 16.5. The average molecular weight is 469 g/mol. The molecule has 0 saturated carbocycles. The number of hydrogen-bond donors (Lipinski definition) is 1. The molecule has 0 aromatic heterocycles. The first kappa shape index (κ1) is 27.8. The van der Waals surface area contributed by atoms with E-state index in [1.165, 1.54) is 57.8 Å². The van der Waals surface area contributed by atoms with Crippen LogP contribution in [0.5, 0.6) is 11.5 Å².